The highest BCUT2D eigenvalue weighted by atomic mass is 19.1. The number of halogens is 1. The Hall–Kier alpha value is -2.89. The fraction of sp³-hybridized carbons (Fsp3) is 0.176. The van der Waals surface area contributed by atoms with E-state index >= 15 is 0 Å². The minimum Gasteiger partial charge on any atom is -0.378 e. The summed E-state index contributed by atoms with van der Waals surface area (Å²) < 4.78 is 14.3. The number of rotatable bonds is 6. The van der Waals surface area contributed by atoms with E-state index in [0.717, 1.165) is 17.7 Å². The van der Waals surface area contributed by atoms with Crippen LogP contribution < -0.4 is 11.0 Å². The van der Waals surface area contributed by atoms with Crippen LogP contribution >= 0.6 is 0 Å². The number of hydrogen-bond donors (Lipinski definition) is 2. The largest absolute Gasteiger partial charge is 0.378 e. The summed E-state index contributed by atoms with van der Waals surface area (Å²) in [5.41, 5.74) is 1.70. The molecule has 0 radical (unpaired) electrons. The molecule has 2 N–H and O–H groups in total. The van der Waals surface area contributed by atoms with Gasteiger partial charge in [0.25, 0.3) is 0 Å². The number of benzene rings is 2. The van der Waals surface area contributed by atoms with Crippen LogP contribution in [0.2, 0.25) is 0 Å². The maximum absolute atomic E-state index is 12.8. The highest BCUT2D eigenvalue weighted by molar-refractivity contribution is 5.42. The number of hydrogen-bond acceptors (Lipinski definition) is 3. The molecule has 1 aromatic heterocycles. The second-order valence-electron chi connectivity index (χ2n) is 5.20. The summed E-state index contributed by atoms with van der Waals surface area (Å²) in [7, 11) is 0. The highest BCUT2D eigenvalue weighted by Gasteiger charge is 2.05. The fourth-order valence-electron chi connectivity index (χ4n) is 2.27. The van der Waals surface area contributed by atoms with Crippen molar-refractivity contribution in [1.29, 1.82) is 0 Å². The summed E-state index contributed by atoms with van der Waals surface area (Å²) in [6.45, 7) is 0.898. The van der Waals surface area contributed by atoms with E-state index in [-0.39, 0.29) is 11.5 Å². The van der Waals surface area contributed by atoms with Gasteiger partial charge in [-0.1, -0.05) is 30.3 Å². The summed E-state index contributed by atoms with van der Waals surface area (Å²) in [4.78, 5) is 14.6. The van der Waals surface area contributed by atoms with Crippen LogP contribution in [0, 0.1) is 5.82 Å². The van der Waals surface area contributed by atoms with E-state index in [9.17, 15) is 9.18 Å². The van der Waals surface area contributed by atoms with Crippen LogP contribution in [0.15, 0.2) is 59.4 Å². The summed E-state index contributed by atoms with van der Waals surface area (Å²) in [6.07, 6.45) is 0.746. The standard InChI is InChI=1S/C17H17FN4O/c18-14-6-8-15(9-7-14)19-12-16-20-17(23)22(21-16)11-10-13-4-2-1-3-5-13/h1-9,19H,10-12H2,(H,20,21,23). The van der Waals surface area contributed by atoms with Crippen molar-refractivity contribution >= 4 is 5.69 Å². The van der Waals surface area contributed by atoms with Gasteiger partial charge in [0.1, 0.15) is 11.6 Å². The lowest BCUT2D eigenvalue weighted by atomic mass is 10.2. The second-order valence-corrected chi connectivity index (χ2v) is 5.20. The van der Waals surface area contributed by atoms with E-state index in [1.54, 1.807) is 12.1 Å². The smallest absolute Gasteiger partial charge is 0.343 e. The average molecular weight is 312 g/mol. The maximum Gasteiger partial charge on any atom is 0.343 e. The molecule has 3 rings (SSSR count). The molecular formula is C17H17FN4O. The monoisotopic (exact) mass is 312 g/mol. The van der Waals surface area contributed by atoms with E-state index in [4.69, 9.17) is 0 Å². The molecule has 118 valence electrons. The molecule has 0 saturated heterocycles. The molecule has 0 unspecified atom stereocenters. The normalized spacial score (nSPS) is 10.7. The summed E-state index contributed by atoms with van der Waals surface area (Å²) in [5.74, 6) is 0.265. The summed E-state index contributed by atoms with van der Waals surface area (Å²) in [5, 5.41) is 7.36. The molecule has 5 nitrogen and oxygen atoms in total. The van der Waals surface area contributed by atoms with Gasteiger partial charge in [0, 0.05) is 5.69 Å². The van der Waals surface area contributed by atoms with Crippen LogP contribution in [0.5, 0.6) is 0 Å². The Bertz CT molecular complexity index is 809. The molecule has 0 aliphatic heterocycles. The number of anilines is 1. The van der Waals surface area contributed by atoms with Crippen molar-refractivity contribution in [1.82, 2.24) is 14.8 Å². The van der Waals surface area contributed by atoms with Crippen LogP contribution in [0.3, 0.4) is 0 Å². The molecule has 3 aromatic rings. The van der Waals surface area contributed by atoms with Crippen LogP contribution in [0.4, 0.5) is 10.1 Å². The lowest BCUT2D eigenvalue weighted by molar-refractivity contribution is 0.588. The van der Waals surface area contributed by atoms with Crippen molar-refractivity contribution in [3.63, 3.8) is 0 Å². The summed E-state index contributed by atoms with van der Waals surface area (Å²) in [6, 6.07) is 16.0. The van der Waals surface area contributed by atoms with Gasteiger partial charge in [0.05, 0.1) is 13.1 Å². The third kappa shape index (κ3) is 4.06. The lowest BCUT2D eigenvalue weighted by Gasteiger charge is -2.03. The Morgan fingerprint density at radius 1 is 1.09 bits per heavy atom. The molecule has 0 atom stereocenters. The van der Waals surface area contributed by atoms with Crippen molar-refractivity contribution in [3.05, 3.63) is 82.3 Å². The van der Waals surface area contributed by atoms with Crippen LogP contribution in [0.25, 0.3) is 0 Å². The van der Waals surface area contributed by atoms with Gasteiger partial charge in [0.15, 0.2) is 0 Å². The maximum atomic E-state index is 12.8. The van der Waals surface area contributed by atoms with Gasteiger partial charge in [-0.15, -0.1) is 0 Å². The van der Waals surface area contributed by atoms with Crippen molar-refractivity contribution in [3.8, 4) is 0 Å². The van der Waals surface area contributed by atoms with E-state index in [2.05, 4.69) is 15.4 Å². The number of nitrogens with zero attached hydrogens (tertiary/aromatic N) is 2. The first-order valence-electron chi connectivity index (χ1n) is 7.40. The Morgan fingerprint density at radius 2 is 1.83 bits per heavy atom. The number of aromatic nitrogens is 3. The number of aromatic amines is 1. The molecular weight excluding hydrogens is 295 g/mol. The molecule has 23 heavy (non-hydrogen) atoms. The zero-order valence-corrected chi connectivity index (χ0v) is 12.5. The molecule has 1 heterocycles. The molecule has 0 saturated carbocycles. The predicted molar refractivity (Wildman–Crippen MR) is 86.7 cm³/mol. The van der Waals surface area contributed by atoms with E-state index in [1.165, 1.54) is 16.8 Å². The third-order valence-electron chi connectivity index (χ3n) is 3.49. The van der Waals surface area contributed by atoms with Gasteiger partial charge in [-0.3, -0.25) is 4.98 Å². The SMILES string of the molecule is O=c1[nH]c(CNc2ccc(F)cc2)nn1CCc1ccccc1. The van der Waals surface area contributed by atoms with E-state index in [1.807, 2.05) is 30.3 Å². The highest BCUT2D eigenvalue weighted by Crippen LogP contribution is 2.08. The number of nitrogens with one attached hydrogen (secondary N) is 2. The third-order valence-corrected chi connectivity index (χ3v) is 3.49. The summed E-state index contributed by atoms with van der Waals surface area (Å²) >= 11 is 0. The Kier molecular flexibility index (Phi) is 4.52. The molecule has 0 fully saturated rings. The fourth-order valence-corrected chi connectivity index (χ4v) is 2.27. The Balaban J connectivity index is 1.59. The topological polar surface area (TPSA) is 62.7 Å². The van der Waals surface area contributed by atoms with Crippen LogP contribution in [-0.4, -0.2) is 14.8 Å². The second kappa shape index (κ2) is 6.91. The molecule has 0 aliphatic rings. The molecule has 0 bridgehead atoms. The van der Waals surface area contributed by atoms with Crippen molar-refractivity contribution in [2.75, 3.05) is 5.32 Å². The molecule has 6 heteroatoms. The first-order chi connectivity index (χ1) is 11.2. The minimum atomic E-state index is -0.283. The predicted octanol–water partition coefficient (Wildman–Crippen LogP) is 2.57. The quantitative estimate of drug-likeness (QED) is 0.735. The minimum absolute atomic E-state index is 0.225. The van der Waals surface area contributed by atoms with Gasteiger partial charge >= 0.3 is 5.69 Å². The van der Waals surface area contributed by atoms with Gasteiger partial charge in [-0.05, 0) is 36.2 Å². The zero-order valence-electron chi connectivity index (χ0n) is 12.5. The van der Waals surface area contributed by atoms with E-state index < -0.39 is 0 Å². The zero-order chi connectivity index (χ0) is 16.1. The van der Waals surface area contributed by atoms with Crippen molar-refractivity contribution in [2.45, 2.75) is 19.5 Å². The van der Waals surface area contributed by atoms with E-state index in [0.29, 0.717) is 18.9 Å². The molecule has 0 amide bonds. The van der Waals surface area contributed by atoms with Crippen molar-refractivity contribution in [2.24, 2.45) is 0 Å². The van der Waals surface area contributed by atoms with Gasteiger partial charge in [0.2, 0.25) is 0 Å². The molecule has 2 aromatic carbocycles. The number of H-pyrrole nitrogens is 1. The molecule has 0 spiro atoms. The van der Waals surface area contributed by atoms with Gasteiger partial charge in [-0.25, -0.2) is 13.9 Å². The number of aryl methyl sites for hydroxylation is 2. The van der Waals surface area contributed by atoms with Crippen LogP contribution in [0.1, 0.15) is 11.4 Å². The van der Waals surface area contributed by atoms with Gasteiger partial charge < -0.3 is 5.32 Å². The van der Waals surface area contributed by atoms with Gasteiger partial charge in [-0.2, -0.15) is 5.10 Å². The molecule has 0 aliphatic carbocycles. The average Bonchev–Trinajstić information content (AvgIpc) is 2.93. The van der Waals surface area contributed by atoms with Crippen molar-refractivity contribution < 1.29 is 4.39 Å². The Morgan fingerprint density at radius 3 is 2.57 bits per heavy atom. The lowest BCUT2D eigenvalue weighted by Crippen LogP contribution is -2.19. The van der Waals surface area contributed by atoms with Crippen LogP contribution in [-0.2, 0) is 19.5 Å². The first-order valence-corrected chi connectivity index (χ1v) is 7.40. The first kappa shape index (κ1) is 15.0. The Labute approximate surface area is 132 Å².